The number of hydrogen-bond acceptors (Lipinski definition) is 2. The van der Waals surface area contributed by atoms with Gasteiger partial charge in [0, 0.05) is 28.4 Å². The van der Waals surface area contributed by atoms with E-state index in [0.29, 0.717) is 6.04 Å². The van der Waals surface area contributed by atoms with Gasteiger partial charge in [-0.1, -0.05) is 35.9 Å². The molecule has 1 atom stereocenters. The van der Waals surface area contributed by atoms with Crippen molar-refractivity contribution in [3.05, 3.63) is 41.4 Å². The van der Waals surface area contributed by atoms with Crippen molar-refractivity contribution in [3.63, 3.8) is 0 Å². The number of rotatable bonds is 5. The molecular formula is C16H18ClNO. The predicted octanol–water partition coefficient (Wildman–Crippen LogP) is 4.01. The van der Waals surface area contributed by atoms with E-state index in [1.807, 2.05) is 30.3 Å². The monoisotopic (exact) mass is 275 g/mol. The molecule has 100 valence electrons. The highest BCUT2D eigenvalue weighted by Gasteiger charge is 2.21. The molecule has 2 nitrogen and oxygen atoms in total. The Hall–Kier alpha value is -1.25. The molecule has 19 heavy (non-hydrogen) atoms. The fourth-order valence-corrected chi connectivity index (χ4v) is 2.44. The van der Waals surface area contributed by atoms with Gasteiger partial charge >= 0.3 is 0 Å². The van der Waals surface area contributed by atoms with Gasteiger partial charge in [-0.25, -0.2) is 0 Å². The quantitative estimate of drug-likeness (QED) is 0.890. The van der Waals surface area contributed by atoms with Gasteiger partial charge in [0.05, 0.1) is 0 Å². The Bertz CT molecular complexity index is 580. The molecule has 3 rings (SSSR count). The number of halogens is 1. The van der Waals surface area contributed by atoms with E-state index in [-0.39, 0.29) is 6.10 Å². The van der Waals surface area contributed by atoms with Crippen molar-refractivity contribution in [2.75, 3.05) is 6.54 Å². The van der Waals surface area contributed by atoms with E-state index in [2.05, 4.69) is 18.3 Å². The molecule has 0 aromatic heterocycles. The van der Waals surface area contributed by atoms with Crippen molar-refractivity contribution >= 4 is 22.4 Å². The SMILES string of the molecule is CC(CNC1CC1)Oc1ccc(Cl)c2ccccc12. The van der Waals surface area contributed by atoms with Crippen molar-refractivity contribution in [1.82, 2.24) is 5.32 Å². The molecule has 0 bridgehead atoms. The summed E-state index contributed by atoms with van der Waals surface area (Å²) >= 11 is 6.21. The third kappa shape index (κ3) is 3.02. The van der Waals surface area contributed by atoms with Crippen molar-refractivity contribution in [3.8, 4) is 5.75 Å². The van der Waals surface area contributed by atoms with Gasteiger partial charge in [-0.3, -0.25) is 0 Å². The number of ether oxygens (including phenoxy) is 1. The average Bonchev–Trinajstić information content (AvgIpc) is 3.24. The third-order valence-electron chi connectivity index (χ3n) is 3.43. The standard InChI is InChI=1S/C16H18ClNO/c1-11(10-18-12-6-7-12)19-16-9-8-15(17)13-4-2-3-5-14(13)16/h2-5,8-9,11-12,18H,6-7,10H2,1H3. The summed E-state index contributed by atoms with van der Waals surface area (Å²) in [4.78, 5) is 0. The number of hydrogen-bond donors (Lipinski definition) is 1. The maximum atomic E-state index is 6.21. The van der Waals surface area contributed by atoms with E-state index in [4.69, 9.17) is 16.3 Å². The molecule has 0 heterocycles. The lowest BCUT2D eigenvalue weighted by molar-refractivity contribution is 0.219. The predicted molar refractivity (Wildman–Crippen MR) is 80.1 cm³/mol. The van der Waals surface area contributed by atoms with Gasteiger partial charge in [-0.2, -0.15) is 0 Å². The summed E-state index contributed by atoms with van der Waals surface area (Å²) in [7, 11) is 0. The molecule has 1 saturated carbocycles. The Morgan fingerprint density at radius 2 is 1.95 bits per heavy atom. The zero-order chi connectivity index (χ0) is 13.2. The van der Waals surface area contributed by atoms with Gasteiger partial charge in [0.1, 0.15) is 11.9 Å². The van der Waals surface area contributed by atoms with Gasteiger partial charge in [-0.15, -0.1) is 0 Å². The molecule has 0 radical (unpaired) electrons. The summed E-state index contributed by atoms with van der Waals surface area (Å²) < 4.78 is 6.04. The lowest BCUT2D eigenvalue weighted by Crippen LogP contribution is -2.30. The van der Waals surface area contributed by atoms with Crippen LogP contribution in [-0.2, 0) is 0 Å². The molecule has 0 aliphatic heterocycles. The Kier molecular flexibility index (Phi) is 3.63. The third-order valence-corrected chi connectivity index (χ3v) is 3.76. The molecule has 2 aromatic carbocycles. The maximum absolute atomic E-state index is 6.21. The zero-order valence-electron chi connectivity index (χ0n) is 11.0. The van der Waals surface area contributed by atoms with Crippen LogP contribution < -0.4 is 10.1 Å². The largest absolute Gasteiger partial charge is 0.489 e. The molecule has 1 aliphatic rings. The van der Waals surface area contributed by atoms with Crippen LogP contribution in [0.15, 0.2) is 36.4 Å². The van der Waals surface area contributed by atoms with Crippen LogP contribution in [0.25, 0.3) is 10.8 Å². The fourth-order valence-electron chi connectivity index (χ4n) is 2.22. The Morgan fingerprint density at radius 3 is 2.68 bits per heavy atom. The Labute approximate surface area is 118 Å². The lowest BCUT2D eigenvalue weighted by Gasteiger charge is -2.17. The fraction of sp³-hybridized carbons (Fsp3) is 0.375. The van der Waals surface area contributed by atoms with Crippen LogP contribution in [0.2, 0.25) is 5.02 Å². The van der Waals surface area contributed by atoms with Crippen LogP contribution >= 0.6 is 11.6 Å². The van der Waals surface area contributed by atoms with E-state index < -0.39 is 0 Å². The summed E-state index contributed by atoms with van der Waals surface area (Å²) in [5, 5.41) is 6.38. The first-order valence-electron chi connectivity index (χ1n) is 6.81. The topological polar surface area (TPSA) is 21.3 Å². The molecule has 1 N–H and O–H groups in total. The van der Waals surface area contributed by atoms with Gasteiger partial charge in [0.25, 0.3) is 0 Å². The van der Waals surface area contributed by atoms with E-state index in [1.54, 1.807) is 0 Å². The highest BCUT2D eigenvalue weighted by atomic mass is 35.5. The Morgan fingerprint density at radius 1 is 1.21 bits per heavy atom. The Balaban J connectivity index is 1.77. The van der Waals surface area contributed by atoms with Gasteiger partial charge in [0.15, 0.2) is 0 Å². The first-order valence-corrected chi connectivity index (χ1v) is 7.19. The second kappa shape index (κ2) is 5.40. The number of benzene rings is 2. The van der Waals surface area contributed by atoms with Gasteiger partial charge < -0.3 is 10.1 Å². The molecule has 0 saturated heterocycles. The van der Waals surface area contributed by atoms with Crippen LogP contribution in [-0.4, -0.2) is 18.7 Å². The average molecular weight is 276 g/mol. The molecule has 1 aliphatic carbocycles. The summed E-state index contributed by atoms with van der Waals surface area (Å²) in [6.45, 7) is 2.99. The van der Waals surface area contributed by atoms with E-state index in [9.17, 15) is 0 Å². The van der Waals surface area contributed by atoms with Crippen molar-refractivity contribution < 1.29 is 4.74 Å². The van der Waals surface area contributed by atoms with Crippen LogP contribution in [0.4, 0.5) is 0 Å². The van der Waals surface area contributed by atoms with Gasteiger partial charge in [0.2, 0.25) is 0 Å². The maximum Gasteiger partial charge on any atom is 0.127 e. The van der Waals surface area contributed by atoms with Crippen LogP contribution in [0.1, 0.15) is 19.8 Å². The molecule has 0 spiro atoms. The molecule has 1 unspecified atom stereocenters. The first-order chi connectivity index (χ1) is 9.24. The first kappa shape index (κ1) is 12.8. The highest BCUT2D eigenvalue weighted by Crippen LogP contribution is 2.31. The second-order valence-electron chi connectivity index (χ2n) is 5.20. The summed E-state index contributed by atoms with van der Waals surface area (Å²) in [5.41, 5.74) is 0. The van der Waals surface area contributed by atoms with Gasteiger partial charge in [-0.05, 0) is 31.9 Å². The van der Waals surface area contributed by atoms with Crippen molar-refractivity contribution in [1.29, 1.82) is 0 Å². The van der Waals surface area contributed by atoms with Crippen LogP contribution in [0.3, 0.4) is 0 Å². The minimum absolute atomic E-state index is 0.158. The number of nitrogens with one attached hydrogen (secondary N) is 1. The van der Waals surface area contributed by atoms with E-state index in [1.165, 1.54) is 12.8 Å². The van der Waals surface area contributed by atoms with E-state index >= 15 is 0 Å². The summed E-state index contributed by atoms with van der Waals surface area (Å²) in [6, 6.07) is 12.7. The normalized spacial score (nSPS) is 16.5. The van der Waals surface area contributed by atoms with E-state index in [0.717, 1.165) is 28.1 Å². The second-order valence-corrected chi connectivity index (χ2v) is 5.61. The van der Waals surface area contributed by atoms with Crippen LogP contribution in [0, 0.1) is 0 Å². The molecule has 1 fully saturated rings. The molecular weight excluding hydrogens is 258 g/mol. The minimum atomic E-state index is 0.158. The number of fused-ring (bicyclic) bond motifs is 1. The summed E-state index contributed by atoms with van der Waals surface area (Å²) in [6.07, 6.45) is 2.76. The molecule has 2 aromatic rings. The minimum Gasteiger partial charge on any atom is -0.489 e. The van der Waals surface area contributed by atoms with Crippen LogP contribution in [0.5, 0.6) is 5.75 Å². The smallest absolute Gasteiger partial charge is 0.127 e. The zero-order valence-corrected chi connectivity index (χ0v) is 11.8. The molecule has 3 heteroatoms. The van der Waals surface area contributed by atoms with Crippen molar-refractivity contribution in [2.24, 2.45) is 0 Å². The van der Waals surface area contributed by atoms with Crippen molar-refractivity contribution in [2.45, 2.75) is 31.9 Å². The molecule has 0 amide bonds. The lowest BCUT2D eigenvalue weighted by atomic mass is 10.1. The summed E-state index contributed by atoms with van der Waals surface area (Å²) in [5.74, 6) is 0.907. The highest BCUT2D eigenvalue weighted by molar-refractivity contribution is 6.35.